The lowest BCUT2D eigenvalue weighted by atomic mass is 10.2. The third-order valence-electron chi connectivity index (χ3n) is 3.38. The molecule has 0 saturated heterocycles. The summed E-state index contributed by atoms with van der Waals surface area (Å²) < 4.78 is 24.7. The molecule has 2 aromatic carbocycles. The highest BCUT2D eigenvalue weighted by Gasteiger charge is 2.12. The number of nitrogens with one attached hydrogen (secondary N) is 3. The van der Waals surface area contributed by atoms with E-state index in [2.05, 4.69) is 16.2 Å². The number of amides is 1. The summed E-state index contributed by atoms with van der Waals surface area (Å²) in [6.45, 7) is 4.86. The molecule has 0 aromatic heterocycles. The van der Waals surface area contributed by atoms with Gasteiger partial charge < -0.3 is 14.8 Å². The fourth-order valence-electron chi connectivity index (χ4n) is 2.15. The van der Waals surface area contributed by atoms with Crippen LogP contribution in [0.5, 0.6) is 11.5 Å². The Labute approximate surface area is 163 Å². The van der Waals surface area contributed by atoms with Gasteiger partial charge in [-0.15, -0.1) is 0 Å². The van der Waals surface area contributed by atoms with Crippen LogP contribution in [0.3, 0.4) is 0 Å². The Bertz CT molecular complexity index is 802. The molecule has 0 atom stereocenters. The van der Waals surface area contributed by atoms with Crippen molar-refractivity contribution in [3.63, 3.8) is 0 Å². The molecule has 0 radical (unpaired) electrons. The third-order valence-corrected chi connectivity index (χ3v) is 3.58. The van der Waals surface area contributed by atoms with Gasteiger partial charge in [-0.25, -0.2) is 4.39 Å². The lowest BCUT2D eigenvalue weighted by Gasteiger charge is -2.14. The minimum atomic E-state index is -0.447. The third kappa shape index (κ3) is 6.10. The van der Waals surface area contributed by atoms with Crippen molar-refractivity contribution in [2.75, 3.05) is 18.5 Å². The summed E-state index contributed by atoms with van der Waals surface area (Å²) in [5.74, 6) is 0.207. The van der Waals surface area contributed by atoms with Gasteiger partial charge in [0.05, 0.1) is 18.9 Å². The maximum atomic E-state index is 13.6. The molecule has 1 amide bonds. The molecule has 2 rings (SSSR count). The van der Waals surface area contributed by atoms with E-state index in [9.17, 15) is 9.18 Å². The predicted octanol–water partition coefficient (Wildman–Crippen LogP) is 3.64. The summed E-state index contributed by atoms with van der Waals surface area (Å²) in [6.07, 6.45) is 0.865. The van der Waals surface area contributed by atoms with Crippen molar-refractivity contribution < 1.29 is 18.7 Å². The number of rotatable bonds is 7. The van der Waals surface area contributed by atoms with E-state index in [0.29, 0.717) is 30.3 Å². The van der Waals surface area contributed by atoms with Gasteiger partial charge in [-0.05, 0) is 55.9 Å². The van der Waals surface area contributed by atoms with Crippen LogP contribution in [0.4, 0.5) is 10.1 Å². The predicted molar refractivity (Wildman–Crippen MR) is 107 cm³/mol. The van der Waals surface area contributed by atoms with Gasteiger partial charge in [0.1, 0.15) is 5.82 Å². The van der Waals surface area contributed by atoms with Gasteiger partial charge in [0.25, 0.3) is 5.91 Å². The number of benzene rings is 2. The van der Waals surface area contributed by atoms with Gasteiger partial charge in [0.2, 0.25) is 0 Å². The molecule has 0 fully saturated rings. The van der Waals surface area contributed by atoms with Gasteiger partial charge in [0, 0.05) is 5.56 Å². The van der Waals surface area contributed by atoms with Gasteiger partial charge in [-0.2, -0.15) is 0 Å². The fourth-order valence-corrected chi connectivity index (χ4v) is 2.31. The number of hydrazine groups is 1. The first-order valence-electron chi connectivity index (χ1n) is 8.56. The second kappa shape index (κ2) is 10.3. The van der Waals surface area contributed by atoms with Crippen molar-refractivity contribution in [2.45, 2.75) is 20.3 Å². The van der Waals surface area contributed by atoms with Crippen molar-refractivity contribution in [1.82, 2.24) is 10.9 Å². The zero-order valence-corrected chi connectivity index (χ0v) is 16.0. The Morgan fingerprint density at radius 1 is 1.07 bits per heavy atom. The van der Waals surface area contributed by atoms with E-state index in [1.807, 2.05) is 13.8 Å². The average Bonchev–Trinajstić information content (AvgIpc) is 2.67. The summed E-state index contributed by atoms with van der Waals surface area (Å²) in [5, 5.41) is 2.72. The molecule has 3 N–H and O–H groups in total. The topological polar surface area (TPSA) is 71.6 Å². The number of halogens is 1. The lowest BCUT2D eigenvalue weighted by Crippen LogP contribution is -2.43. The van der Waals surface area contributed by atoms with Gasteiger partial charge in [-0.1, -0.05) is 19.1 Å². The number of hydrogen-bond donors (Lipinski definition) is 3. The Morgan fingerprint density at radius 2 is 1.85 bits per heavy atom. The van der Waals surface area contributed by atoms with Crippen LogP contribution >= 0.6 is 12.2 Å². The molecular formula is C19H22FN3O3S. The second-order valence-electron chi connectivity index (χ2n) is 5.46. The summed E-state index contributed by atoms with van der Waals surface area (Å²) in [5.41, 5.74) is 5.57. The highest BCUT2D eigenvalue weighted by molar-refractivity contribution is 7.80. The molecule has 0 aliphatic rings. The Balaban J connectivity index is 1.97. The molecule has 144 valence electrons. The summed E-state index contributed by atoms with van der Waals surface area (Å²) in [4.78, 5) is 12.3. The SMILES string of the molecule is CCCOc1ccc(C(=O)NNC(=S)Nc2ccccc2F)cc1OCC. The van der Waals surface area contributed by atoms with Crippen LogP contribution in [0.15, 0.2) is 42.5 Å². The van der Waals surface area contributed by atoms with Crippen LogP contribution in [0.25, 0.3) is 0 Å². The maximum Gasteiger partial charge on any atom is 0.269 e. The van der Waals surface area contributed by atoms with Crippen LogP contribution in [-0.2, 0) is 0 Å². The number of carbonyl (C=O) groups excluding carboxylic acids is 1. The van der Waals surface area contributed by atoms with E-state index < -0.39 is 11.7 Å². The van der Waals surface area contributed by atoms with E-state index in [0.717, 1.165) is 6.42 Å². The minimum Gasteiger partial charge on any atom is -0.490 e. The highest BCUT2D eigenvalue weighted by Crippen LogP contribution is 2.28. The highest BCUT2D eigenvalue weighted by atomic mass is 32.1. The van der Waals surface area contributed by atoms with Crippen molar-refractivity contribution in [1.29, 1.82) is 0 Å². The molecule has 8 heteroatoms. The van der Waals surface area contributed by atoms with Crippen molar-refractivity contribution in [2.24, 2.45) is 0 Å². The normalized spacial score (nSPS) is 10.0. The molecule has 0 bridgehead atoms. The lowest BCUT2D eigenvalue weighted by molar-refractivity contribution is 0.0943. The number of hydrogen-bond acceptors (Lipinski definition) is 4. The number of para-hydroxylation sites is 1. The van der Waals surface area contributed by atoms with Crippen LogP contribution in [0.1, 0.15) is 30.6 Å². The smallest absolute Gasteiger partial charge is 0.269 e. The first-order chi connectivity index (χ1) is 13.0. The first kappa shape index (κ1) is 20.4. The molecule has 27 heavy (non-hydrogen) atoms. The molecule has 0 unspecified atom stereocenters. The van der Waals surface area contributed by atoms with Gasteiger partial charge in [-0.3, -0.25) is 15.6 Å². The molecule has 0 heterocycles. The van der Waals surface area contributed by atoms with E-state index >= 15 is 0 Å². The standard InChI is InChI=1S/C19H22FN3O3S/c1-3-11-26-16-10-9-13(12-17(16)25-4-2)18(24)22-23-19(27)21-15-8-6-5-7-14(15)20/h5-10,12H,3-4,11H2,1-2H3,(H,22,24)(H2,21,23,27). The molecule has 6 nitrogen and oxygen atoms in total. The van der Waals surface area contributed by atoms with E-state index in [1.54, 1.807) is 30.3 Å². The molecule has 2 aromatic rings. The monoisotopic (exact) mass is 391 g/mol. The van der Waals surface area contributed by atoms with Crippen LogP contribution in [-0.4, -0.2) is 24.2 Å². The summed E-state index contributed by atoms with van der Waals surface area (Å²) in [7, 11) is 0. The van der Waals surface area contributed by atoms with Gasteiger partial charge >= 0.3 is 0 Å². The van der Waals surface area contributed by atoms with Crippen LogP contribution in [0, 0.1) is 5.82 Å². The fraction of sp³-hybridized carbons (Fsp3) is 0.263. The van der Waals surface area contributed by atoms with Crippen molar-refractivity contribution in [3.8, 4) is 11.5 Å². The molecule has 0 saturated carbocycles. The Hall–Kier alpha value is -2.87. The quantitative estimate of drug-likeness (QED) is 0.494. The summed E-state index contributed by atoms with van der Waals surface area (Å²) >= 11 is 5.05. The van der Waals surface area contributed by atoms with Crippen molar-refractivity contribution in [3.05, 3.63) is 53.8 Å². The number of carbonyl (C=O) groups is 1. The number of anilines is 1. The molecular weight excluding hydrogens is 369 g/mol. The summed E-state index contributed by atoms with van der Waals surface area (Å²) in [6, 6.07) is 11.0. The van der Waals surface area contributed by atoms with Crippen molar-refractivity contribution >= 4 is 28.9 Å². The number of ether oxygens (including phenoxy) is 2. The largest absolute Gasteiger partial charge is 0.490 e. The van der Waals surface area contributed by atoms with E-state index in [4.69, 9.17) is 21.7 Å². The zero-order chi connectivity index (χ0) is 19.6. The maximum absolute atomic E-state index is 13.6. The van der Waals surface area contributed by atoms with E-state index in [1.165, 1.54) is 12.1 Å². The molecule has 0 aliphatic heterocycles. The molecule has 0 spiro atoms. The first-order valence-corrected chi connectivity index (χ1v) is 8.97. The Morgan fingerprint density at radius 3 is 2.56 bits per heavy atom. The number of thiocarbonyl (C=S) groups is 1. The Kier molecular flexibility index (Phi) is 7.81. The van der Waals surface area contributed by atoms with Gasteiger partial charge in [0.15, 0.2) is 16.6 Å². The molecule has 0 aliphatic carbocycles. The van der Waals surface area contributed by atoms with Crippen LogP contribution < -0.4 is 25.6 Å². The average molecular weight is 391 g/mol. The zero-order valence-electron chi connectivity index (χ0n) is 15.2. The minimum absolute atomic E-state index is 0.0568. The second-order valence-corrected chi connectivity index (χ2v) is 5.86. The van der Waals surface area contributed by atoms with E-state index in [-0.39, 0.29) is 10.8 Å². The van der Waals surface area contributed by atoms with Crippen LogP contribution in [0.2, 0.25) is 0 Å².